The van der Waals surface area contributed by atoms with E-state index in [2.05, 4.69) is 5.32 Å². The number of carbonyl (C=O) groups is 3. The molecule has 0 aromatic heterocycles. The van der Waals surface area contributed by atoms with E-state index >= 15 is 0 Å². The van der Waals surface area contributed by atoms with E-state index in [9.17, 15) is 14.4 Å². The second-order valence-electron chi connectivity index (χ2n) is 9.95. The largest absolute Gasteiger partial charge is 0.502 e. The summed E-state index contributed by atoms with van der Waals surface area (Å²) in [6, 6.07) is 0.773. The first kappa shape index (κ1) is 22.2. The maximum atomic E-state index is 12.6. The molecule has 9 heteroatoms. The molecule has 8 nitrogen and oxygen atoms in total. The minimum Gasteiger partial charge on any atom is -0.368 e. The van der Waals surface area contributed by atoms with E-state index in [1.807, 2.05) is 0 Å². The molecule has 2 saturated carbocycles. The molecule has 4 fully saturated rings. The second-order valence-corrected chi connectivity index (χ2v) is 12.5. The van der Waals surface area contributed by atoms with Gasteiger partial charge in [-0.05, 0) is 50.9 Å². The molecule has 0 aromatic rings. The maximum Gasteiger partial charge on any atom is 0.502 e. The van der Waals surface area contributed by atoms with Gasteiger partial charge in [-0.25, -0.2) is 0 Å². The minimum atomic E-state index is -2.55. The zero-order valence-electron chi connectivity index (χ0n) is 18.6. The highest BCUT2D eigenvalue weighted by atomic mass is 28.4. The Morgan fingerprint density at radius 1 is 0.938 bits per heavy atom. The van der Waals surface area contributed by atoms with Gasteiger partial charge in [-0.3, -0.25) is 19.3 Å². The molecule has 2 saturated heterocycles. The Labute approximate surface area is 190 Å². The third-order valence-electron chi connectivity index (χ3n) is 7.71. The lowest BCUT2D eigenvalue weighted by Crippen LogP contribution is -2.46. The first-order valence-electron chi connectivity index (χ1n) is 12.4. The fourth-order valence-corrected chi connectivity index (χ4v) is 9.18. The molecule has 1 N–H and O–H groups in total. The summed E-state index contributed by atoms with van der Waals surface area (Å²) < 4.78 is 18.9. The van der Waals surface area contributed by atoms with Crippen LogP contribution in [0.15, 0.2) is 12.2 Å². The molecule has 176 valence electrons. The Kier molecular flexibility index (Phi) is 6.51. The lowest BCUT2D eigenvalue weighted by molar-refractivity contribution is -0.138. The Bertz CT molecular complexity index is 741. The highest BCUT2D eigenvalue weighted by Gasteiger charge is 2.62. The van der Waals surface area contributed by atoms with E-state index in [-0.39, 0.29) is 47.9 Å². The van der Waals surface area contributed by atoms with Crippen LogP contribution in [0.2, 0.25) is 6.04 Å². The van der Waals surface area contributed by atoms with E-state index in [1.54, 1.807) is 0 Å². The highest BCUT2D eigenvalue weighted by Crippen LogP contribution is 2.44. The van der Waals surface area contributed by atoms with Crippen LogP contribution in [-0.2, 0) is 27.7 Å². The van der Waals surface area contributed by atoms with E-state index in [0.717, 1.165) is 51.0 Å². The number of hydrogen-bond acceptors (Lipinski definition) is 6. The van der Waals surface area contributed by atoms with Gasteiger partial charge < -0.3 is 18.6 Å². The monoisotopic (exact) mass is 462 g/mol. The van der Waals surface area contributed by atoms with Gasteiger partial charge in [-0.15, -0.1) is 0 Å². The van der Waals surface area contributed by atoms with E-state index in [4.69, 9.17) is 13.3 Å². The van der Waals surface area contributed by atoms with Crippen molar-refractivity contribution in [1.82, 2.24) is 10.2 Å². The number of nitrogens with one attached hydrogen (secondary N) is 1. The Balaban J connectivity index is 1.01. The molecule has 5 aliphatic rings. The maximum absolute atomic E-state index is 12.6. The van der Waals surface area contributed by atoms with Gasteiger partial charge >= 0.3 is 8.80 Å². The van der Waals surface area contributed by atoms with Crippen molar-refractivity contribution in [2.75, 3.05) is 13.1 Å². The normalized spacial score (nSPS) is 38.8. The number of rotatable bonds is 7. The fraction of sp³-hybridized carbons (Fsp3) is 0.783. The van der Waals surface area contributed by atoms with Gasteiger partial charge in [0.1, 0.15) is 0 Å². The van der Waals surface area contributed by atoms with Crippen LogP contribution in [0.1, 0.15) is 64.2 Å². The summed E-state index contributed by atoms with van der Waals surface area (Å²) in [5, 5.41) is 3.09. The Morgan fingerprint density at radius 2 is 1.59 bits per heavy atom. The number of fused-ring (bicyclic) bond motifs is 1. The second kappa shape index (κ2) is 9.36. The van der Waals surface area contributed by atoms with Crippen LogP contribution >= 0.6 is 0 Å². The molecule has 0 aromatic carbocycles. The average molecular weight is 463 g/mol. The van der Waals surface area contributed by atoms with Gasteiger partial charge in [0, 0.05) is 37.2 Å². The van der Waals surface area contributed by atoms with Crippen molar-refractivity contribution in [2.45, 2.75) is 88.6 Å². The van der Waals surface area contributed by atoms with Crippen LogP contribution in [0.25, 0.3) is 0 Å². The minimum absolute atomic E-state index is 0.0162. The molecule has 5 rings (SSSR count). The molecular weight excluding hydrogens is 428 g/mol. The Hall–Kier alpha value is -1.55. The molecule has 32 heavy (non-hydrogen) atoms. The zero-order valence-corrected chi connectivity index (χ0v) is 19.6. The summed E-state index contributed by atoms with van der Waals surface area (Å²) in [6.07, 6.45) is 13.2. The van der Waals surface area contributed by atoms with Crippen LogP contribution in [0.5, 0.6) is 0 Å². The number of nitrogens with zero attached hydrogens (tertiary/aromatic N) is 1. The summed E-state index contributed by atoms with van der Waals surface area (Å²) in [4.78, 5) is 37.4. The van der Waals surface area contributed by atoms with Gasteiger partial charge in [0.15, 0.2) is 0 Å². The van der Waals surface area contributed by atoms with Crippen molar-refractivity contribution in [3.05, 3.63) is 12.2 Å². The van der Waals surface area contributed by atoms with E-state index < -0.39 is 8.80 Å². The quantitative estimate of drug-likeness (QED) is 0.355. The zero-order chi connectivity index (χ0) is 22.1. The third-order valence-corrected chi connectivity index (χ3v) is 10.6. The lowest BCUT2D eigenvalue weighted by Gasteiger charge is -2.32. The Morgan fingerprint density at radius 3 is 2.25 bits per heavy atom. The summed E-state index contributed by atoms with van der Waals surface area (Å²) in [7, 11) is -2.55. The molecule has 0 radical (unpaired) electrons. The number of imide groups is 1. The van der Waals surface area contributed by atoms with Gasteiger partial charge in [0.2, 0.25) is 5.91 Å². The molecule has 2 atom stereocenters. The molecule has 3 aliphatic heterocycles. The molecule has 3 heterocycles. The topological polar surface area (TPSA) is 94.2 Å². The molecule has 2 unspecified atom stereocenters. The number of amides is 3. The van der Waals surface area contributed by atoms with Crippen LogP contribution in [0.4, 0.5) is 0 Å². The van der Waals surface area contributed by atoms with Crippen molar-refractivity contribution in [3.63, 3.8) is 0 Å². The summed E-state index contributed by atoms with van der Waals surface area (Å²) in [5.41, 5.74) is 0. The van der Waals surface area contributed by atoms with Gasteiger partial charge in [-0.2, -0.15) is 0 Å². The molecule has 3 amide bonds. The summed E-state index contributed by atoms with van der Waals surface area (Å²) in [5.74, 6) is -0.0292. The van der Waals surface area contributed by atoms with Crippen LogP contribution < -0.4 is 5.32 Å². The summed E-state index contributed by atoms with van der Waals surface area (Å²) >= 11 is 0. The molecule has 0 spiro atoms. The lowest BCUT2D eigenvalue weighted by atomic mass is 9.81. The smallest absolute Gasteiger partial charge is 0.368 e. The predicted octanol–water partition coefficient (Wildman–Crippen LogP) is 2.31. The standard InChI is InChI=1S/C23H34N2O6Si/c26-20-11-12-21(27)25(20)15-16-7-9-17(10-8-16)23(28)24-13-4-14-32-29-18-5-2-1-3-6-19(30-32)22(18)31-32/h11-12,16-19,22H,1-10,13-15H2,(H,24,28). The van der Waals surface area contributed by atoms with Crippen LogP contribution in [0, 0.1) is 11.8 Å². The first-order chi connectivity index (χ1) is 15.5. The fourth-order valence-electron chi connectivity index (χ4n) is 5.91. The number of carbonyl (C=O) groups excluding carboxylic acids is 3. The van der Waals surface area contributed by atoms with Crippen LogP contribution in [-0.4, -0.2) is 62.8 Å². The third kappa shape index (κ3) is 4.57. The highest BCUT2D eigenvalue weighted by molar-refractivity contribution is 6.62. The molecule has 2 aliphatic carbocycles. The van der Waals surface area contributed by atoms with Gasteiger partial charge in [0.05, 0.1) is 18.3 Å². The molecule has 2 bridgehead atoms. The van der Waals surface area contributed by atoms with Crippen molar-refractivity contribution in [3.8, 4) is 0 Å². The van der Waals surface area contributed by atoms with Crippen LogP contribution in [0.3, 0.4) is 0 Å². The average Bonchev–Trinajstić information content (AvgIpc) is 3.42. The van der Waals surface area contributed by atoms with Crippen molar-refractivity contribution in [1.29, 1.82) is 0 Å². The van der Waals surface area contributed by atoms with Crippen molar-refractivity contribution in [2.24, 2.45) is 11.8 Å². The SMILES string of the molecule is O=C(NCCC[Si]12OC3CCCCCC(O1)C3O2)C1CCC(CN2C(=O)C=CC2=O)CC1. The first-order valence-corrected chi connectivity index (χ1v) is 14.3. The predicted molar refractivity (Wildman–Crippen MR) is 117 cm³/mol. The van der Waals surface area contributed by atoms with E-state index in [0.29, 0.717) is 13.1 Å². The summed E-state index contributed by atoms with van der Waals surface area (Å²) in [6.45, 7) is 1.08. The van der Waals surface area contributed by atoms with E-state index in [1.165, 1.54) is 36.3 Å². The van der Waals surface area contributed by atoms with Crippen molar-refractivity contribution >= 4 is 26.5 Å². The van der Waals surface area contributed by atoms with Gasteiger partial charge in [0.25, 0.3) is 11.8 Å². The van der Waals surface area contributed by atoms with Crippen molar-refractivity contribution < 1.29 is 27.7 Å². The molecular formula is C23H34N2O6Si. The van der Waals surface area contributed by atoms with Gasteiger partial charge in [-0.1, -0.05) is 19.3 Å². The number of hydrogen-bond donors (Lipinski definition) is 1.